The highest BCUT2D eigenvalue weighted by Gasteiger charge is 2.27. The van der Waals surface area contributed by atoms with Gasteiger partial charge in [0.05, 0.1) is 7.11 Å². The van der Waals surface area contributed by atoms with Crippen LogP contribution in [0.5, 0.6) is 5.75 Å². The van der Waals surface area contributed by atoms with Gasteiger partial charge < -0.3 is 10.1 Å². The predicted octanol–water partition coefficient (Wildman–Crippen LogP) is 4.14. The molecule has 2 N–H and O–H groups in total. The molecule has 0 radical (unpaired) electrons. The maximum atomic E-state index is 13.1. The number of carbonyl (C=O) groups excluding carboxylic acids is 2. The van der Waals surface area contributed by atoms with Crippen molar-refractivity contribution in [3.05, 3.63) is 59.9 Å². The first-order chi connectivity index (χ1) is 14.9. The molecule has 3 aromatic rings. The van der Waals surface area contributed by atoms with E-state index >= 15 is 0 Å². The monoisotopic (exact) mass is 442 g/mol. The Morgan fingerprint density at radius 3 is 2.39 bits per heavy atom. The van der Waals surface area contributed by atoms with Gasteiger partial charge >= 0.3 is 0 Å². The third kappa shape index (κ3) is 5.64. The van der Waals surface area contributed by atoms with Crippen LogP contribution >= 0.6 is 11.3 Å². The first-order valence-electron chi connectivity index (χ1n) is 9.76. The normalized spacial score (nSPS) is 12.6. The lowest BCUT2D eigenvalue weighted by Gasteiger charge is -2.23. The van der Waals surface area contributed by atoms with Crippen molar-refractivity contribution in [1.82, 2.24) is 15.5 Å². The van der Waals surface area contributed by atoms with Gasteiger partial charge in [0.2, 0.25) is 11.0 Å². The van der Waals surface area contributed by atoms with E-state index in [2.05, 4.69) is 20.8 Å². The van der Waals surface area contributed by atoms with E-state index in [0.29, 0.717) is 33.4 Å². The number of hydrogen-bond donors (Lipinski definition) is 2. The van der Waals surface area contributed by atoms with Crippen molar-refractivity contribution in [2.24, 2.45) is 5.92 Å². The summed E-state index contributed by atoms with van der Waals surface area (Å²) in [6.45, 7) is 3.84. The van der Waals surface area contributed by atoms with Gasteiger partial charge in [-0.25, -0.2) is 4.39 Å². The lowest BCUT2D eigenvalue weighted by molar-refractivity contribution is -0.119. The van der Waals surface area contributed by atoms with Crippen LogP contribution in [0.15, 0.2) is 48.5 Å². The van der Waals surface area contributed by atoms with Crippen molar-refractivity contribution < 1.29 is 18.7 Å². The number of nitrogens with one attached hydrogen (secondary N) is 2. The zero-order valence-electron chi connectivity index (χ0n) is 17.4. The van der Waals surface area contributed by atoms with Gasteiger partial charge in [-0.15, -0.1) is 10.2 Å². The van der Waals surface area contributed by atoms with Crippen LogP contribution in [0.3, 0.4) is 0 Å². The first-order valence-corrected chi connectivity index (χ1v) is 10.6. The van der Waals surface area contributed by atoms with Gasteiger partial charge in [-0.3, -0.25) is 14.9 Å². The zero-order chi connectivity index (χ0) is 22.4. The smallest absolute Gasteiger partial charge is 0.251 e. The van der Waals surface area contributed by atoms with Crippen LogP contribution in [-0.2, 0) is 4.79 Å². The Morgan fingerprint density at radius 2 is 1.77 bits per heavy atom. The molecule has 162 valence electrons. The van der Waals surface area contributed by atoms with Crippen LogP contribution in [0.4, 0.5) is 9.52 Å². The fourth-order valence-corrected chi connectivity index (χ4v) is 3.59. The highest BCUT2D eigenvalue weighted by molar-refractivity contribution is 7.18. The first kappa shape index (κ1) is 22.4. The molecule has 0 saturated heterocycles. The summed E-state index contributed by atoms with van der Waals surface area (Å²) >= 11 is 1.17. The van der Waals surface area contributed by atoms with Crippen LogP contribution in [-0.4, -0.2) is 35.2 Å². The van der Waals surface area contributed by atoms with Crippen molar-refractivity contribution >= 4 is 28.3 Å². The van der Waals surface area contributed by atoms with Crippen LogP contribution in [0, 0.1) is 11.7 Å². The van der Waals surface area contributed by atoms with Crippen LogP contribution in [0.2, 0.25) is 0 Å². The molecule has 0 aliphatic heterocycles. The molecule has 0 aliphatic rings. The Labute approximate surface area is 183 Å². The van der Waals surface area contributed by atoms with Gasteiger partial charge in [0.25, 0.3) is 5.91 Å². The number of hydrogen-bond acceptors (Lipinski definition) is 6. The SMILES string of the molecule is CCC(C)C(NC(=O)c1ccc(OC)cc1)C(=O)Nc1nnc(-c2ccc(F)cc2)s1. The molecule has 2 atom stereocenters. The van der Waals surface area contributed by atoms with Crippen molar-refractivity contribution in [2.45, 2.75) is 26.3 Å². The number of rotatable bonds is 8. The molecule has 0 aliphatic carbocycles. The van der Waals surface area contributed by atoms with E-state index in [4.69, 9.17) is 4.74 Å². The fraction of sp³-hybridized carbons (Fsp3) is 0.273. The molecule has 0 fully saturated rings. The van der Waals surface area contributed by atoms with Crippen LogP contribution in [0.1, 0.15) is 30.6 Å². The van der Waals surface area contributed by atoms with Crippen molar-refractivity contribution in [1.29, 1.82) is 0 Å². The lowest BCUT2D eigenvalue weighted by atomic mass is 9.98. The van der Waals surface area contributed by atoms with E-state index in [1.807, 2.05) is 13.8 Å². The molecule has 2 aromatic carbocycles. The quantitative estimate of drug-likeness (QED) is 0.547. The summed E-state index contributed by atoms with van der Waals surface area (Å²) in [5.41, 5.74) is 1.13. The Kier molecular flexibility index (Phi) is 7.30. The maximum absolute atomic E-state index is 13.1. The number of ether oxygens (including phenoxy) is 1. The molecule has 9 heteroatoms. The van der Waals surface area contributed by atoms with E-state index in [0.717, 1.165) is 0 Å². The molecule has 0 bridgehead atoms. The van der Waals surface area contributed by atoms with Gasteiger partial charge in [-0.05, 0) is 54.4 Å². The standard InChI is InChI=1S/C22H23FN4O3S/c1-4-13(2)18(24-19(28)14-7-11-17(30-3)12-8-14)20(29)25-22-27-26-21(31-22)15-5-9-16(23)10-6-15/h5-13,18H,4H2,1-3H3,(H,24,28)(H,25,27,29). The third-order valence-corrected chi connectivity index (χ3v) is 5.77. The maximum Gasteiger partial charge on any atom is 0.251 e. The van der Waals surface area contributed by atoms with Crippen molar-refractivity contribution in [3.8, 4) is 16.3 Å². The van der Waals surface area contributed by atoms with Gasteiger partial charge in [0.1, 0.15) is 22.6 Å². The largest absolute Gasteiger partial charge is 0.497 e. The number of nitrogens with zero attached hydrogens (tertiary/aromatic N) is 2. The summed E-state index contributed by atoms with van der Waals surface area (Å²) in [4.78, 5) is 25.6. The van der Waals surface area contributed by atoms with E-state index in [9.17, 15) is 14.0 Å². The van der Waals surface area contributed by atoms with E-state index < -0.39 is 6.04 Å². The Balaban J connectivity index is 1.71. The summed E-state index contributed by atoms with van der Waals surface area (Å²) in [5.74, 6) is -0.538. The van der Waals surface area contributed by atoms with Gasteiger partial charge in [-0.1, -0.05) is 31.6 Å². The number of amides is 2. The zero-order valence-corrected chi connectivity index (χ0v) is 18.2. The molecule has 1 heterocycles. The number of aromatic nitrogens is 2. The van der Waals surface area contributed by atoms with E-state index in [-0.39, 0.29) is 23.5 Å². The van der Waals surface area contributed by atoms with Crippen molar-refractivity contribution in [3.63, 3.8) is 0 Å². The Hall–Kier alpha value is -3.33. The fourth-order valence-electron chi connectivity index (χ4n) is 2.83. The van der Waals surface area contributed by atoms with Gasteiger partial charge in [0, 0.05) is 11.1 Å². The predicted molar refractivity (Wildman–Crippen MR) is 118 cm³/mol. The molecular weight excluding hydrogens is 419 g/mol. The van der Waals surface area contributed by atoms with Crippen LogP contribution < -0.4 is 15.4 Å². The minimum Gasteiger partial charge on any atom is -0.497 e. The number of methoxy groups -OCH3 is 1. The number of anilines is 1. The summed E-state index contributed by atoms with van der Waals surface area (Å²) in [6.07, 6.45) is 0.692. The van der Waals surface area contributed by atoms with Crippen LogP contribution in [0.25, 0.3) is 10.6 Å². The Morgan fingerprint density at radius 1 is 1.10 bits per heavy atom. The number of benzene rings is 2. The highest BCUT2D eigenvalue weighted by atomic mass is 32.1. The molecule has 2 amide bonds. The average Bonchev–Trinajstić information content (AvgIpc) is 3.25. The summed E-state index contributed by atoms with van der Waals surface area (Å²) in [6, 6.07) is 11.8. The topological polar surface area (TPSA) is 93.2 Å². The summed E-state index contributed by atoms with van der Waals surface area (Å²) in [5, 5.41) is 14.4. The van der Waals surface area contributed by atoms with E-state index in [1.54, 1.807) is 43.5 Å². The molecule has 1 aromatic heterocycles. The average molecular weight is 443 g/mol. The van der Waals surface area contributed by atoms with E-state index in [1.165, 1.54) is 23.5 Å². The third-order valence-electron chi connectivity index (χ3n) is 4.88. The van der Waals surface area contributed by atoms with Gasteiger partial charge in [-0.2, -0.15) is 0 Å². The molecule has 2 unspecified atom stereocenters. The minimum absolute atomic E-state index is 0.105. The molecule has 0 saturated carbocycles. The van der Waals surface area contributed by atoms with Gasteiger partial charge in [0.15, 0.2) is 0 Å². The summed E-state index contributed by atoms with van der Waals surface area (Å²) < 4.78 is 18.2. The molecule has 7 nitrogen and oxygen atoms in total. The van der Waals surface area contributed by atoms with Crippen molar-refractivity contribution in [2.75, 3.05) is 12.4 Å². The second-order valence-corrected chi connectivity index (χ2v) is 7.95. The minimum atomic E-state index is -0.752. The molecule has 3 rings (SSSR count). The molecule has 31 heavy (non-hydrogen) atoms. The molecular formula is C22H23FN4O3S. The second-order valence-electron chi connectivity index (χ2n) is 6.97. The summed E-state index contributed by atoms with van der Waals surface area (Å²) in [7, 11) is 1.55. The second kappa shape index (κ2) is 10.1. The number of carbonyl (C=O) groups is 2. The highest BCUT2D eigenvalue weighted by Crippen LogP contribution is 2.26. The lowest BCUT2D eigenvalue weighted by Crippen LogP contribution is -2.47. The molecule has 0 spiro atoms. The number of halogens is 1. The Bertz CT molecular complexity index is 1040.